The summed E-state index contributed by atoms with van der Waals surface area (Å²) in [5.74, 6) is 10.5. The molecule has 0 amide bonds. The molecule has 0 unspecified atom stereocenters. The average molecular weight is 137 g/mol. The Balaban J connectivity index is 2.59. The van der Waals surface area contributed by atoms with Crippen molar-refractivity contribution >= 4 is 0 Å². The molecular formula is C7H11N3. The van der Waals surface area contributed by atoms with Crippen LogP contribution >= 0.6 is 0 Å². The van der Waals surface area contributed by atoms with Gasteiger partial charge in [0.15, 0.2) is 0 Å². The molecule has 1 aromatic carbocycles. The fourth-order valence-corrected chi connectivity index (χ4v) is 0.794. The highest BCUT2D eigenvalue weighted by molar-refractivity contribution is 5.13. The molecule has 0 saturated carbocycles. The van der Waals surface area contributed by atoms with Crippen LogP contribution in [-0.4, -0.2) is 5.12 Å². The number of hydrazine groups is 2. The van der Waals surface area contributed by atoms with E-state index < -0.39 is 0 Å². The zero-order valence-electron chi connectivity index (χ0n) is 5.70. The molecule has 0 radical (unpaired) electrons. The fourth-order valence-electron chi connectivity index (χ4n) is 0.794. The molecule has 0 atom stereocenters. The third kappa shape index (κ3) is 2.14. The second kappa shape index (κ2) is 3.31. The highest BCUT2D eigenvalue weighted by Gasteiger charge is 1.91. The topological polar surface area (TPSA) is 55.3 Å². The van der Waals surface area contributed by atoms with E-state index in [0.29, 0.717) is 6.54 Å². The van der Waals surface area contributed by atoms with E-state index in [9.17, 15) is 0 Å². The van der Waals surface area contributed by atoms with Crippen molar-refractivity contribution in [1.82, 2.24) is 5.12 Å². The maximum atomic E-state index is 5.24. The van der Waals surface area contributed by atoms with Crippen molar-refractivity contribution in [2.45, 2.75) is 6.54 Å². The third-order valence-corrected chi connectivity index (χ3v) is 1.21. The van der Waals surface area contributed by atoms with E-state index in [2.05, 4.69) is 0 Å². The fraction of sp³-hybridized carbons (Fsp3) is 0.143. The molecule has 0 aromatic heterocycles. The van der Waals surface area contributed by atoms with Gasteiger partial charge in [0.2, 0.25) is 0 Å². The first-order valence-corrected chi connectivity index (χ1v) is 3.10. The van der Waals surface area contributed by atoms with Crippen LogP contribution in [-0.2, 0) is 6.54 Å². The minimum Gasteiger partial charge on any atom is -0.255 e. The second-order valence-electron chi connectivity index (χ2n) is 2.16. The van der Waals surface area contributed by atoms with E-state index in [4.69, 9.17) is 11.7 Å². The summed E-state index contributed by atoms with van der Waals surface area (Å²) in [6.07, 6.45) is 0. The molecule has 54 valence electrons. The number of hydrogen-bond donors (Lipinski definition) is 2. The Kier molecular flexibility index (Phi) is 2.39. The van der Waals surface area contributed by atoms with Crippen molar-refractivity contribution in [3.63, 3.8) is 0 Å². The van der Waals surface area contributed by atoms with Crippen LogP contribution in [0.25, 0.3) is 0 Å². The maximum Gasteiger partial charge on any atom is 0.0533 e. The van der Waals surface area contributed by atoms with Crippen LogP contribution < -0.4 is 11.7 Å². The van der Waals surface area contributed by atoms with Crippen LogP contribution in [0.15, 0.2) is 30.3 Å². The zero-order chi connectivity index (χ0) is 7.40. The van der Waals surface area contributed by atoms with Gasteiger partial charge in [-0.25, -0.2) is 0 Å². The molecule has 0 aliphatic heterocycles. The smallest absolute Gasteiger partial charge is 0.0533 e. The standard InChI is InChI=1S/C7H11N3/c8-10(9)6-7-4-2-1-3-5-7/h1-5H,6,8-9H2. The highest BCUT2D eigenvalue weighted by Crippen LogP contribution is 1.97. The van der Waals surface area contributed by atoms with E-state index in [-0.39, 0.29) is 0 Å². The van der Waals surface area contributed by atoms with Crippen LogP contribution in [0, 0.1) is 0 Å². The van der Waals surface area contributed by atoms with E-state index in [1.165, 1.54) is 0 Å². The molecule has 10 heavy (non-hydrogen) atoms. The van der Waals surface area contributed by atoms with Crippen molar-refractivity contribution in [2.75, 3.05) is 0 Å². The van der Waals surface area contributed by atoms with Gasteiger partial charge >= 0.3 is 0 Å². The predicted molar refractivity (Wildman–Crippen MR) is 40.4 cm³/mol. The monoisotopic (exact) mass is 137 g/mol. The zero-order valence-corrected chi connectivity index (χ0v) is 5.70. The Labute approximate surface area is 60.2 Å². The minimum absolute atomic E-state index is 0.584. The van der Waals surface area contributed by atoms with Gasteiger partial charge in [0, 0.05) is 0 Å². The molecule has 0 saturated heterocycles. The number of hydrogen-bond acceptors (Lipinski definition) is 3. The van der Waals surface area contributed by atoms with Gasteiger partial charge in [0.25, 0.3) is 0 Å². The van der Waals surface area contributed by atoms with Gasteiger partial charge in [-0.05, 0) is 5.56 Å². The summed E-state index contributed by atoms with van der Waals surface area (Å²) in [7, 11) is 0. The summed E-state index contributed by atoms with van der Waals surface area (Å²) in [6, 6.07) is 9.83. The lowest BCUT2D eigenvalue weighted by molar-refractivity contribution is 0.285. The van der Waals surface area contributed by atoms with Gasteiger partial charge in [0.05, 0.1) is 6.54 Å². The molecule has 0 bridgehead atoms. The summed E-state index contributed by atoms with van der Waals surface area (Å²) in [6.45, 7) is 0.584. The Morgan fingerprint density at radius 2 is 1.70 bits per heavy atom. The van der Waals surface area contributed by atoms with Gasteiger partial charge in [-0.2, -0.15) is 5.12 Å². The molecular weight excluding hydrogens is 126 g/mol. The Morgan fingerprint density at radius 3 is 2.20 bits per heavy atom. The van der Waals surface area contributed by atoms with Gasteiger partial charge in [0.1, 0.15) is 0 Å². The average Bonchev–Trinajstić information content (AvgIpc) is 1.88. The second-order valence-corrected chi connectivity index (χ2v) is 2.16. The summed E-state index contributed by atoms with van der Waals surface area (Å²) < 4.78 is 0. The van der Waals surface area contributed by atoms with Crippen LogP contribution in [0.3, 0.4) is 0 Å². The molecule has 0 aliphatic carbocycles. The predicted octanol–water partition coefficient (Wildman–Crippen LogP) is 0.236. The van der Waals surface area contributed by atoms with E-state index in [1.54, 1.807) is 0 Å². The lowest BCUT2D eigenvalue weighted by Gasteiger charge is -2.07. The normalized spacial score (nSPS) is 10.3. The van der Waals surface area contributed by atoms with E-state index in [0.717, 1.165) is 10.7 Å². The number of benzene rings is 1. The molecule has 1 aromatic rings. The van der Waals surface area contributed by atoms with Crippen molar-refractivity contribution in [2.24, 2.45) is 11.7 Å². The van der Waals surface area contributed by atoms with Gasteiger partial charge in [-0.3, -0.25) is 11.7 Å². The van der Waals surface area contributed by atoms with E-state index >= 15 is 0 Å². The summed E-state index contributed by atoms with van der Waals surface area (Å²) in [4.78, 5) is 0. The van der Waals surface area contributed by atoms with Crippen molar-refractivity contribution in [3.05, 3.63) is 35.9 Å². The first-order valence-electron chi connectivity index (χ1n) is 3.10. The lowest BCUT2D eigenvalue weighted by atomic mass is 10.2. The lowest BCUT2D eigenvalue weighted by Crippen LogP contribution is -2.36. The number of nitrogens with zero attached hydrogens (tertiary/aromatic N) is 1. The molecule has 0 fully saturated rings. The molecule has 3 heteroatoms. The quantitative estimate of drug-likeness (QED) is 0.453. The molecule has 0 spiro atoms. The maximum absolute atomic E-state index is 5.24. The Hall–Kier alpha value is -0.900. The summed E-state index contributed by atoms with van der Waals surface area (Å²) in [5.41, 5.74) is 1.12. The number of rotatable bonds is 2. The SMILES string of the molecule is NN(N)Cc1ccccc1. The molecule has 1 rings (SSSR count). The van der Waals surface area contributed by atoms with Crippen molar-refractivity contribution in [1.29, 1.82) is 0 Å². The minimum atomic E-state index is 0.584. The Morgan fingerprint density at radius 1 is 1.10 bits per heavy atom. The van der Waals surface area contributed by atoms with Crippen molar-refractivity contribution in [3.8, 4) is 0 Å². The van der Waals surface area contributed by atoms with Crippen LogP contribution in [0.5, 0.6) is 0 Å². The van der Waals surface area contributed by atoms with Crippen LogP contribution in [0.1, 0.15) is 5.56 Å². The summed E-state index contributed by atoms with van der Waals surface area (Å²) in [5, 5.41) is 1.16. The van der Waals surface area contributed by atoms with Gasteiger partial charge in [-0.15, -0.1) is 0 Å². The van der Waals surface area contributed by atoms with E-state index in [1.807, 2.05) is 30.3 Å². The van der Waals surface area contributed by atoms with Crippen molar-refractivity contribution < 1.29 is 0 Å². The van der Waals surface area contributed by atoms with Gasteiger partial charge in [-0.1, -0.05) is 30.3 Å². The summed E-state index contributed by atoms with van der Waals surface area (Å²) >= 11 is 0. The Bertz CT molecular complexity index is 183. The molecule has 0 aliphatic rings. The van der Waals surface area contributed by atoms with Crippen LogP contribution in [0.4, 0.5) is 0 Å². The largest absolute Gasteiger partial charge is 0.255 e. The van der Waals surface area contributed by atoms with Gasteiger partial charge < -0.3 is 0 Å². The van der Waals surface area contributed by atoms with Crippen LogP contribution in [0.2, 0.25) is 0 Å². The highest BCUT2D eigenvalue weighted by atomic mass is 15.6. The molecule has 3 nitrogen and oxygen atoms in total. The first kappa shape index (κ1) is 7.21. The molecule has 0 heterocycles. The third-order valence-electron chi connectivity index (χ3n) is 1.21. The number of nitrogens with two attached hydrogens (primary N) is 2. The first-order chi connectivity index (χ1) is 4.79. The molecule has 4 N–H and O–H groups in total.